The number of aryl methyl sites for hydroxylation is 2. The summed E-state index contributed by atoms with van der Waals surface area (Å²) in [5.74, 6) is -3.72. The number of nitrogens with zero attached hydrogens (tertiary/aromatic N) is 1. The number of benzene rings is 1. The first-order valence-electron chi connectivity index (χ1n) is 9.96. The number of carbonyl (C=O) groups excluding carboxylic acids is 1. The first kappa shape index (κ1) is 23.3. The van der Waals surface area contributed by atoms with Crippen LogP contribution in [0, 0.1) is 5.92 Å². The van der Waals surface area contributed by atoms with E-state index in [-0.39, 0.29) is 18.7 Å². The molecule has 7 heteroatoms. The first-order chi connectivity index (χ1) is 13.9. The van der Waals surface area contributed by atoms with Crippen LogP contribution in [0.4, 0.5) is 14.5 Å². The molecule has 4 nitrogen and oxygen atoms in total. The van der Waals surface area contributed by atoms with Gasteiger partial charge in [-0.25, -0.2) is 13.8 Å². The molecule has 0 spiro atoms. The zero-order valence-corrected chi connectivity index (χ0v) is 17.8. The minimum Gasteiger partial charge on any atom is -0.326 e. The third-order valence-electron chi connectivity index (χ3n) is 5.01. The topological polar surface area (TPSA) is 68.0 Å². The smallest absolute Gasteiger partial charge is 0.248 e. The summed E-state index contributed by atoms with van der Waals surface area (Å²) in [6.45, 7) is 4.41. The van der Waals surface area contributed by atoms with Gasteiger partial charge in [-0.3, -0.25) is 9.93 Å². The van der Waals surface area contributed by atoms with Crippen molar-refractivity contribution >= 4 is 23.5 Å². The maximum Gasteiger partial charge on any atom is 0.248 e. The van der Waals surface area contributed by atoms with Gasteiger partial charge >= 0.3 is 0 Å². The molecule has 1 saturated carbocycles. The van der Waals surface area contributed by atoms with Crippen LogP contribution in [0.15, 0.2) is 47.6 Å². The monoisotopic (exact) mass is 421 g/mol. The molecule has 158 valence electrons. The van der Waals surface area contributed by atoms with Crippen molar-refractivity contribution in [2.45, 2.75) is 63.3 Å². The van der Waals surface area contributed by atoms with E-state index in [9.17, 15) is 13.6 Å². The molecule has 0 aliphatic heterocycles. The SMILES string of the molecule is CCc1ccccc1CC.NSc1cc(NC(=O)[C@H]2CCCC(F)(F)C2)ccn1. The zero-order chi connectivity index (χ0) is 21.3. The number of rotatable bonds is 5. The van der Waals surface area contributed by atoms with E-state index in [1.54, 1.807) is 12.1 Å². The maximum atomic E-state index is 13.3. The molecule has 0 radical (unpaired) electrons. The lowest BCUT2D eigenvalue weighted by Crippen LogP contribution is -2.33. The molecule has 1 aliphatic carbocycles. The van der Waals surface area contributed by atoms with Crippen molar-refractivity contribution in [1.82, 2.24) is 4.98 Å². The van der Waals surface area contributed by atoms with E-state index in [1.165, 1.54) is 17.3 Å². The minimum atomic E-state index is -2.73. The highest BCUT2D eigenvalue weighted by atomic mass is 32.2. The van der Waals surface area contributed by atoms with Crippen molar-refractivity contribution in [1.29, 1.82) is 0 Å². The number of carbonyl (C=O) groups is 1. The Balaban J connectivity index is 0.000000253. The Morgan fingerprint density at radius 3 is 2.45 bits per heavy atom. The predicted octanol–water partition coefficient (Wildman–Crippen LogP) is 5.62. The molecule has 29 heavy (non-hydrogen) atoms. The average molecular weight is 422 g/mol. The molecule has 0 saturated heterocycles. The van der Waals surface area contributed by atoms with Gasteiger partial charge in [0.25, 0.3) is 0 Å². The molecule has 3 rings (SSSR count). The molecule has 1 atom stereocenters. The van der Waals surface area contributed by atoms with Crippen molar-refractivity contribution in [3.05, 3.63) is 53.7 Å². The number of hydrogen-bond acceptors (Lipinski definition) is 4. The van der Waals surface area contributed by atoms with Crippen LogP contribution in [0.3, 0.4) is 0 Å². The number of alkyl halides is 2. The lowest BCUT2D eigenvalue weighted by Gasteiger charge is -2.27. The standard InChI is InChI=1S/C12H15F2N3OS.C10H14/c13-12(14)4-1-2-8(7-12)11(18)17-9-3-5-16-10(6-9)19-15;1-3-9-7-5-6-8-10(9)4-2/h3,5-6,8H,1-2,4,7,15H2,(H,16,17,18);5-8H,3-4H2,1-2H3/t8-;/m0./s1. The lowest BCUT2D eigenvalue weighted by molar-refractivity contribution is -0.127. The van der Waals surface area contributed by atoms with Gasteiger partial charge in [-0.1, -0.05) is 38.1 Å². The number of amides is 1. The molecular formula is C22H29F2N3OS. The van der Waals surface area contributed by atoms with E-state index in [1.807, 2.05) is 0 Å². The minimum absolute atomic E-state index is 0.125. The second-order valence-corrected chi connectivity index (χ2v) is 7.77. The predicted molar refractivity (Wildman–Crippen MR) is 115 cm³/mol. The van der Waals surface area contributed by atoms with Crippen LogP contribution in [0.5, 0.6) is 0 Å². The number of nitrogens with two attached hydrogens (primary N) is 1. The van der Waals surface area contributed by atoms with Crippen molar-refractivity contribution in [3.8, 4) is 0 Å². The largest absolute Gasteiger partial charge is 0.326 e. The summed E-state index contributed by atoms with van der Waals surface area (Å²) >= 11 is 0.963. The number of aromatic nitrogens is 1. The number of nitrogens with one attached hydrogen (secondary N) is 1. The Morgan fingerprint density at radius 2 is 1.90 bits per heavy atom. The highest BCUT2D eigenvalue weighted by Gasteiger charge is 2.39. The van der Waals surface area contributed by atoms with E-state index in [0.717, 1.165) is 24.8 Å². The normalized spacial score (nSPS) is 17.8. The third-order valence-corrected chi connectivity index (χ3v) is 5.48. The van der Waals surface area contributed by atoms with Gasteiger partial charge < -0.3 is 5.32 Å². The second-order valence-electron chi connectivity index (χ2n) is 7.11. The van der Waals surface area contributed by atoms with E-state index in [0.29, 0.717) is 23.6 Å². The zero-order valence-electron chi connectivity index (χ0n) is 17.0. The van der Waals surface area contributed by atoms with Gasteiger partial charge in [0.1, 0.15) is 5.03 Å². The molecule has 1 aliphatic rings. The van der Waals surface area contributed by atoms with Crippen LogP contribution in [0.25, 0.3) is 0 Å². The molecule has 1 amide bonds. The third kappa shape index (κ3) is 7.40. The molecule has 2 aromatic rings. The van der Waals surface area contributed by atoms with Crippen LogP contribution in [0.2, 0.25) is 0 Å². The lowest BCUT2D eigenvalue weighted by atomic mass is 9.86. The Kier molecular flexibility index (Phi) is 9.04. The summed E-state index contributed by atoms with van der Waals surface area (Å²) in [6.07, 6.45) is 4.22. The number of hydrogen-bond donors (Lipinski definition) is 2. The molecule has 0 unspecified atom stereocenters. The van der Waals surface area contributed by atoms with Crippen molar-refractivity contribution < 1.29 is 13.6 Å². The average Bonchev–Trinajstić information content (AvgIpc) is 2.73. The van der Waals surface area contributed by atoms with Gasteiger partial charge in [-0.2, -0.15) is 0 Å². The fraction of sp³-hybridized carbons (Fsp3) is 0.455. The Bertz CT molecular complexity index is 778. The number of anilines is 1. The molecule has 1 aromatic heterocycles. The van der Waals surface area contributed by atoms with Gasteiger partial charge in [-0.05, 0) is 60.9 Å². The van der Waals surface area contributed by atoms with Crippen LogP contribution in [0.1, 0.15) is 50.7 Å². The van der Waals surface area contributed by atoms with E-state index < -0.39 is 11.8 Å². The van der Waals surface area contributed by atoms with Gasteiger partial charge in [0, 0.05) is 30.6 Å². The second kappa shape index (κ2) is 11.3. The van der Waals surface area contributed by atoms with E-state index in [4.69, 9.17) is 5.14 Å². The van der Waals surface area contributed by atoms with Crippen LogP contribution in [-0.2, 0) is 17.6 Å². The van der Waals surface area contributed by atoms with Gasteiger partial charge in [0.05, 0.1) is 0 Å². The summed E-state index contributed by atoms with van der Waals surface area (Å²) in [7, 11) is 0. The van der Waals surface area contributed by atoms with E-state index >= 15 is 0 Å². The fourth-order valence-electron chi connectivity index (χ4n) is 3.44. The summed E-state index contributed by atoms with van der Waals surface area (Å²) in [4.78, 5) is 15.9. The number of halogens is 2. The maximum absolute atomic E-state index is 13.3. The van der Waals surface area contributed by atoms with Crippen molar-refractivity contribution in [3.63, 3.8) is 0 Å². The summed E-state index contributed by atoms with van der Waals surface area (Å²) in [6, 6.07) is 11.9. The summed E-state index contributed by atoms with van der Waals surface area (Å²) in [5, 5.41) is 8.57. The van der Waals surface area contributed by atoms with Crippen LogP contribution >= 0.6 is 11.9 Å². The van der Waals surface area contributed by atoms with E-state index in [2.05, 4.69) is 48.4 Å². The van der Waals surface area contributed by atoms with Gasteiger partial charge in [0.2, 0.25) is 11.8 Å². The van der Waals surface area contributed by atoms with Crippen molar-refractivity contribution in [2.24, 2.45) is 11.1 Å². The fourth-order valence-corrected chi connectivity index (χ4v) is 3.76. The van der Waals surface area contributed by atoms with Gasteiger partial charge in [0.15, 0.2) is 0 Å². The molecule has 0 bridgehead atoms. The van der Waals surface area contributed by atoms with Crippen LogP contribution < -0.4 is 10.5 Å². The van der Waals surface area contributed by atoms with Gasteiger partial charge in [-0.15, -0.1) is 0 Å². The highest BCUT2D eigenvalue weighted by molar-refractivity contribution is 7.97. The quantitative estimate of drug-likeness (QED) is 0.615. The molecule has 1 aromatic carbocycles. The first-order valence-corrected chi connectivity index (χ1v) is 10.8. The molecular weight excluding hydrogens is 392 g/mol. The van der Waals surface area contributed by atoms with Crippen molar-refractivity contribution in [2.75, 3.05) is 5.32 Å². The van der Waals surface area contributed by atoms with Crippen LogP contribution in [-0.4, -0.2) is 16.8 Å². The summed E-state index contributed by atoms with van der Waals surface area (Å²) in [5.41, 5.74) is 3.51. The Hall–Kier alpha value is -1.99. The molecule has 3 N–H and O–H groups in total. The summed E-state index contributed by atoms with van der Waals surface area (Å²) < 4.78 is 26.5. The highest BCUT2D eigenvalue weighted by Crippen LogP contribution is 2.37. The molecule has 1 heterocycles. The molecule has 1 fully saturated rings. The number of pyridine rings is 1. The Labute approximate surface area is 175 Å². The Morgan fingerprint density at radius 1 is 1.24 bits per heavy atom.